The first-order chi connectivity index (χ1) is 15.2. The van der Waals surface area contributed by atoms with Gasteiger partial charge in [0.25, 0.3) is 0 Å². The van der Waals surface area contributed by atoms with Crippen LogP contribution in [0.25, 0.3) is 0 Å². The van der Waals surface area contributed by atoms with Gasteiger partial charge in [0.15, 0.2) is 0 Å². The van der Waals surface area contributed by atoms with Gasteiger partial charge in [-0.1, -0.05) is 12.1 Å². The number of rotatable bonds is 8. The molecule has 1 aliphatic rings. The number of urea groups is 1. The molecule has 0 bridgehead atoms. The summed E-state index contributed by atoms with van der Waals surface area (Å²) >= 11 is 1.73. The largest absolute Gasteiger partial charge is 0.439 e. The molecule has 8 heteroatoms. The number of halogens is 1. The highest BCUT2D eigenvalue weighted by Crippen LogP contribution is 2.27. The fourth-order valence-corrected chi connectivity index (χ4v) is 4.44. The number of carbonyl (C=O) groups excluding carboxylic acids is 1. The predicted octanol–water partition coefficient (Wildman–Crippen LogP) is 4.71. The van der Waals surface area contributed by atoms with Gasteiger partial charge in [0.2, 0.25) is 5.88 Å². The Labute approximate surface area is 185 Å². The number of amides is 2. The molecule has 0 saturated carbocycles. The van der Waals surface area contributed by atoms with Crippen molar-refractivity contribution in [3.63, 3.8) is 0 Å². The topological polar surface area (TPSA) is 66.5 Å². The Hall–Kier alpha value is -2.97. The number of hydrogen-bond acceptors (Lipinski definition) is 5. The number of nitrogens with zero attached hydrogens (tertiary/aromatic N) is 2. The Bertz CT molecular complexity index is 958. The Morgan fingerprint density at radius 3 is 2.61 bits per heavy atom. The van der Waals surface area contributed by atoms with Crippen molar-refractivity contribution < 1.29 is 13.9 Å². The summed E-state index contributed by atoms with van der Waals surface area (Å²) in [6.07, 6.45) is 4.07. The van der Waals surface area contributed by atoms with Crippen molar-refractivity contribution in [2.75, 3.05) is 19.6 Å². The monoisotopic (exact) mass is 440 g/mol. The van der Waals surface area contributed by atoms with E-state index in [1.807, 2.05) is 6.07 Å². The molecule has 2 amide bonds. The molecule has 3 aromatic rings. The Morgan fingerprint density at radius 2 is 1.94 bits per heavy atom. The van der Waals surface area contributed by atoms with E-state index in [-0.39, 0.29) is 17.9 Å². The van der Waals surface area contributed by atoms with Crippen LogP contribution in [0, 0.1) is 5.82 Å². The van der Waals surface area contributed by atoms with Crippen LogP contribution in [0.15, 0.2) is 60.1 Å². The number of benzene rings is 1. The van der Waals surface area contributed by atoms with Crippen LogP contribution in [0.2, 0.25) is 0 Å². The van der Waals surface area contributed by atoms with E-state index >= 15 is 0 Å². The molecule has 162 valence electrons. The summed E-state index contributed by atoms with van der Waals surface area (Å²) in [5, 5.41) is 7.96. The standard InChI is InChI=1S/C23H25FN4O2S/c24-18-6-8-19(9-7-18)30-22-10-5-17(14-25-22)15-26-23(29)27-16-20(21-4-3-13-31-21)28-11-1-2-12-28/h3-10,13-14,20H,1-2,11-12,15-16H2,(H2,26,27,29). The maximum Gasteiger partial charge on any atom is 0.315 e. The molecule has 1 fully saturated rings. The van der Waals surface area contributed by atoms with Gasteiger partial charge in [-0.05, 0) is 67.2 Å². The number of aromatic nitrogens is 1. The maximum atomic E-state index is 13.0. The van der Waals surface area contributed by atoms with Crippen LogP contribution in [0.4, 0.5) is 9.18 Å². The lowest BCUT2D eigenvalue weighted by Gasteiger charge is -2.26. The van der Waals surface area contributed by atoms with E-state index in [0.29, 0.717) is 24.7 Å². The average molecular weight is 441 g/mol. The Kier molecular flexibility index (Phi) is 7.11. The molecular formula is C23H25FN4O2S. The molecule has 0 aliphatic carbocycles. The van der Waals surface area contributed by atoms with Gasteiger partial charge in [0.1, 0.15) is 11.6 Å². The normalized spacial score (nSPS) is 14.9. The smallest absolute Gasteiger partial charge is 0.315 e. The minimum atomic E-state index is -0.317. The van der Waals surface area contributed by atoms with Crippen molar-refractivity contribution in [1.82, 2.24) is 20.5 Å². The number of nitrogens with one attached hydrogen (secondary N) is 2. The summed E-state index contributed by atoms with van der Waals surface area (Å²) in [6, 6.07) is 13.5. The van der Waals surface area contributed by atoms with Crippen LogP contribution in [0.1, 0.15) is 29.3 Å². The molecular weight excluding hydrogens is 415 g/mol. The zero-order valence-electron chi connectivity index (χ0n) is 17.1. The zero-order valence-corrected chi connectivity index (χ0v) is 17.9. The molecule has 3 heterocycles. The predicted molar refractivity (Wildman–Crippen MR) is 119 cm³/mol. The molecule has 31 heavy (non-hydrogen) atoms. The van der Waals surface area contributed by atoms with Gasteiger partial charge in [-0.2, -0.15) is 0 Å². The molecule has 2 N–H and O–H groups in total. The number of ether oxygens (including phenoxy) is 1. The summed E-state index contributed by atoms with van der Waals surface area (Å²) in [6.45, 7) is 3.09. The lowest BCUT2D eigenvalue weighted by atomic mass is 10.2. The first kappa shape index (κ1) is 21.3. The van der Waals surface area contributed by atoms with E-state index < -0.39 is 0 Å². The van der Waals surface area contributed by atoms with Crippen molar-refractivity contribution in [2.45, 2.75) is 25.4 Å². The van der Waals surface area contributed by atoms with Gasteiger partial charge in [-0.3, -0.25) is 4.90 Å². The Balaban J connectivity index is 1.25. The van der Waals surface area contributed by atoms with E-state index in [2.05, 4.69) is 38.0 Å². The second-order valence-corrected chi connectivity index (χ2v) is 8.38. The van der Waals surface area contributed by atoms with Crippen LogP contribution in [0.3, 0.4) is 0 Å². The van der Waals surface area contributed by atoms with Crippen molar-refractivity contribution >= 4 is 17.4 Å². The molecule has 0 spiro atoms. The molecule has 6 nitrogen and oxygen atoms in total. The van der Waals surface area contributed by atoms with Crippen LogP contribution in [0.5, 0.6) is 11.6 Å². The van der Waals surface area contributed by atoms with E-state index in [0.717, 1.165) is 18.7 Å². The number of carbonyl (C=O) groups is 1. The second-order valence-electron chi connectivity index (χ2n) is 7.40. The van der Waals surface area contributed by atoms with E-state index in [1.165, 1.54) is 29.9 Å². The molecule has 1 aromatic carbocycles. The highest BCUT2D eigenvalue weighted by molar-refractivity contribution is 7.10. The SMILES string of the molecule is O=C(NCc1ccc(Oc2ccc(F)cc2)nc1)NCC(c1cccs1)N1CCCC1. The highest BCUT2D eigenvalue weighted by Gasteiger charge is 2.24. The quantitative estimate of drug-likeness (QED) is 0.532. The van der Waals surface area contributed by atoms with E-state index in [9.17, 15) is 9.18 Å². The minimum absolute atomic E-state index is 0.201. The number of likely N-dealkylation sites (tertiary alicyclic amines) is 1. The lowest BCUT2D eigenvalue weighted by Crippen LogP contribution is -2.41. The van der Waals surface area contributed by atoms with Crippen molar-refractivity contribution in [3.05, 3.63) is 76.4 Å². The van der Waals surface area contributed by atoms with Crippen LogP contribution >= 0.6 is 11.3 Å². The van der Waals surface area contributed by atoms with Gasteiger partial charge in [-0.15, -0.1) is 11.3 Å². The Morgan fingerprint density at radius 1 is 1.13 bits per heavy atom. The summed E-state index contributed by atoms with van der Waals surface area (Å²) in [5.74, 6) is 0.601. The number of thiophene rings is 1. The third-order valence-corrected chi connectivity index (χ3v) is 6.17. The fraction of sp³-hybridized carbons (Fsp3) is 0.304. The molecule has 1 saturated heterocycles. The van der Waals surface area contributed by atoms with Gasteiger partial charge < -0.3 is 15.4 Å². The molecule has 1 aliphatic heterocycles. The molecule has 2 aromatic heterocycles. The number of hydrogen-bond donors (Lipinski definition) is 2. The van der Waals surface area contributed by atoms with Crippen LogP contribution < -0.4 is 15.4 Å². The van der Waals surface area contributed by atoms with Gasteiger partial charge in [0, 0.05) is 30.2 Å². The first-order valence-corrected chi connectivity index (χ1v) is 11.2. The highest BCUT2D eigenvalue weighted by atomic mass is 32.1. The zero-order chi connectivity index (χ0) is 21.5. The number of pyridine rings is 1. The van der Waals surface area contributed by atoms with Gasteiger partial charge in [0.05, 0.1) is 6.04 Å². The van der Waals surface area contributed by atoms with Crippen molar-refractivity contribution in [2.24, 2.45) is 0 Å². The molecule has 1 atom stereocenters. The summed E-state index contributed by atoms with van der Waals surface area (Å²) in [5.41, 5.74) is 0.857. The van der Waals surface area contributed by atoms with Gasteiger partial charge in [-0.25, -0.2) is 14.2 Å². The summed E-state index contributed by atoms with van der Waals surface area (Å²) < 4.78 is 18.5. The van der Waals surface area contributed by atoms with Crippen molar-refractivity contribution in [3.8, 4) is 11.6 Å². The third-order valence-electron chi connectivity index (χ3n) is 5.20. The van der Waals surface area contributed by atoms with Crippen LogP contribution in [-0.2, 0) is 6.54 Å². The maximum absolute atomic E-state index is 13.0. The first-order valence-electron chi connectivity index (χ1n) is 10.3. The minimum Gasteiger partial charge on any atom is -0.439 e. The van der Waals surface area contributed by atoms with Crippen molar-refractivity contribution in [1.29, 1.82) is 0 Å². The second kappa shape index (κ2) is 10.4. The van der Waals surface area contributed by atoms with E-state index in [4.69, 9.17) is 4.74 Å². The van der Waals surface area contributed by atoms with Gasteiger partial charge >= 0.3 is 6.03 Å². The molecule has 0 radical (unpaired) electrons. The fourth-order valence-electron chi connectivity index (χ4n) is 3.58. The lowest BCUT2D eigenvalue weighted by molar-refractivity contribution is 0.222. The third kappa shape index (κ3) is 6.02. The molecule has 4 rings (SSSR count). The van der Waals surface area contributed by atoms with E-state index in [1.54, 1.807) is 35.7 Å². The average Bonchev–Trinajstić information content (AvgIpc) is 3.50. The summed E-state index contributed by atoms with van der Waals surface area (Å²) in [4.78, 5) is 20.3. The van der Waals surface area contributed by atoms with Crippen LogP contribution in [-0.4, -0.2) is 35.5 Å². The molecule has 1 unspecified atom stereocenters. The summed E-state index contributed by atoms with van der Waals surface area (Å²) in [7, 11) is 0.